The smallest absolute Gasteiger partial charge is 0.147 e. The van der Waals surface area contributed by atoms with Gasteiger partial charge in [0.25, 0.3) is 0 Å². The summed E-state index contributed by atoms with van der Waals surface area (Å²) in [5, 5.41) is 0. The first-order chi connectivity index (χ1) is 7.20. The Labute approximate surface area is 133 Å². The molecule has 0 N–H and O–H groups in total. The minimum atomic E-state index is 0. The van der Waals surface area contributed by atoms with Crippen LogP contribution in [0.1, 0.15) is 33.6 Å². The van der Waals surface area contributed by atoms with E-state index in [1.165, 1.54) is 35.0 Å². The molecule has 0 heterocycles. The Morgan fingerprint density at radius 1 is 1.00 bits per heavy atom. The molecule has 0 aromatic heterocycles. The van der Waals surface area contributed by atoms with E-state index in [1.807, 2.05) is 0 Å². The summed E-state index contributed by atoms with van der Waals surface area (Å²) in [6, 6.07) is 0. The van der Waals surface area contributed by atoms with E-state index in [-0.39, 0.29) is 24.8 Å². The van der Waals surface area contributed by atoms with Crippen molar-refractivity contribution in [2.45, 2.75) is 33.6 Å². The summed E-state index contributed by atoms with van der Waals surface area (Å²) >= 11 is 1.24. The summed E-state index contributed by atoms with van der Waals surface area (Å²) < 4.78 is 2.14. The Kier molecular flexibility index (Phi) is 21.5. The maximum Gasteiger partial charge on any atom is -0.147 e. The summed E-state index contributed by atoms with van der Waals surface area (Å²) in [6.07, 6.45) is 16.7. The van der Waals surface area contributed by atoms with Crippen LogP contribution in [0.4, 0.5) is 0 Å². The van der Waals surface area contributed by atoms with Gasteiger partial charge >= 0.3 is 34.6 Å². The molecule has 17 heavy (non-hydrogen) atoms. The van der Waals surface area contributed by atoms with Crippen LogP contribution in [0.25, 0.3) is 0 Å². The number of hydrogen-bond donors (Lipinski definition) is 0. The molecule has 0 spiro atoms. The summed E-state index contributed by atoms with van der Waals surface area (Å²) in [7, 11) is 0. The molecule has 0 saturated carbocycles. The summed E-state index contributed by atoms with van der Waals surface area (Å²) in [6.45, 7) is 6.18. The van der Waals surface area contributed by atoms with Gasteiger partial charge in [-0.15, -0.1) is 37.7 Å². The number of hydrogen-bond acceptors (Lipinski definition) is 0. The van der Waals surface area contributed by atoms with Gasteiger partial charge in [-0.2, -0.15) is 12.2 Å². The fraction of sp³-hybridized carbons (Fsp3) is 0.357. The van der Waals surface area contributed by atoms with E-state index in [9.17, 15) is 0 Å². The molecule has 0 saturated heterocycles. The van der Waals surface area contributed by atoms with Gasteiger partial charge in [0, 0.05) is 0 Å². The molecule has 2 aliphatic carbocycles. The van der Waals surface area contributed by atoms with E-state index in [1.54, 1.807) is 0 Å². The van der Waals surface area contributed by atoms with Crippen LogP contribution in [0.2, 0.25) is 0 Å². The fourth-order valence-electron chi connectivity index (χ4n) is 1.03. The zero-order valence-electron chi connectivity index (χ0n) is 10.6. The Hall–Kier alpha value is 0.280. The first-order valence-electron chi connectivity index (χ1n) is 5.13. The molecule has 0 atom stereocenters. The van der Waals surface area contributed by atoms with Gasteiger partial charge in [0.1, 0.15) is 0 Å². The second kappa shape index (κ2) is 16.3. The van der Waals surface area contributed by atoms with E-state index in [0.717, 1.165) is 12.8 Å². The molecular formula is C14H20Cl2Hf. The zero-order valence-corrected chi connectivity index (χ0v) is 15.8. The van der Waals surface area contributed by atoms with E-state index in [4.69, 9.17) is 0 Å². The van der Waals surface area contributed by atoms with Crippen LogP contribution >= 0.6 is 24.8 Å². The average molecular weight is 438 g/mol. The molecule has 0 amide bonds. The van der Waals surface area contributed by atoms with Crippen LogP contribution in [-0.4, -0.2) is 3.76 Å². The van der Waals surface area contributed by atoms with E-state index < -0.39 is 0 Å². The molecule has 0 radical (unpaired) electrons. The van der Waals surface area contributed by atoms with E-state index in [2.05, 4.69) is 61.0 Å². The fourth-order valence-corrected chi connectivity index (χ4v) is 1.03. The Balaban J connectivity index is -0.000000173. The van der Waals surface area contributed by atoms with Crippen molar-refractivity contribution >= 4 is 28.6 Å². The predicted octanol–water partition coefficient (Wildman–Crippen LogP) is 4.59. The molecule has 0 nitrogen and oxygen atoms in total. The van der Waals surface area contributed by atoms with Crippen molar-refractivity contribution < 1.29 is 23.9 Å². The quantitative estimate of drug-likeness (QED) is 0.384. The number of halogens is 2. The first-order valence-corrected chi connectivity index (χ1v) is 7.21. The van der Waals surface area contributed by atoms with Crippen molar-refractivity contribution in [1.29, 1.82) is 0 Å². The standard InChI is InChI=1S/2C6H7.C2H4.2ClH.Hf/c2*1-6-4-2-3-5-6;1-2;;;/h2*2,4H,3H2,1H3;1H,2H3;2*1H;/q2*-1;;;;+2. The largest absolute Gasteiger partial charge is 0.147 e. The predicted molar refractivity (Wildman–Crippen MR) is 78.6 cm³/mol. The third-order valence-electron chi connectivity index (χ3n) is 1.73. The van der Waals surface area contributed by atoms with Crippen molar-refractivity contribution in [2.75, 3.05) is 0 Å². The Morgan fingerprint density at radius 2 is 1.29 bits per heavy atom. The molecule has 0 aromatic carbocycles. The van der Waals surface area contributed by atoms with Crippen molar-refractivity contribution in [1.82, 2.24) is 0 Å². The first kappa shape index (κ1) is 22.5. The van der Waals surface area contributed by atoms with Crippen LogP contribution in [0.3, 0.4) is 0 Å². The third-order valence-corrected chi connectivity index (χ3v) is 1.73. The van der Waals surface area contributed by atoms with Crippen LogP contribution < -0.4 is 0 Å². The normalized spacial score (nSPS) is 13.9. The second-order valence-electron chi connectivity index (χ2n) is 3.22. The van der Waals surface area contributed by atoms with Crippen molar-refractivity contribution in [3.8, 4) is 0 Å². The van der Waals surface area contributed by atoms with E-state index in [0.29, 0.717) is 0 Å². The second-order valence-corrected chi connectivity index (χ2v) is 5.30. The van der Waals surface area contributed by atoms with Gasteiger partial charge in [0.15, 0.2) is 0 Å². The van der Waals surface area contributed by atoms with Gasteiger partial charge in [-0.3, -0.25) is 12.2 Å². The van der Waals surface area contributed by atoms with E-state index >= 15 is 0 Å². The maximum atomic E-state index is 3.12. The molecule has 3 heteroatoms. The Morgan fingerprint density at radius 3 is 1.35 bits per heavy atom. The SMILES string of the molecule is CC1=[C-]CC=C1.CC1=[C-]CC=C1.C[CH]=[Hf+2].Cl.Cl. The maximum absolute atomic E-state index is 3.12. The number of allylic oxidation sites excluding steroid dienone is 8. The Bertz CT molecular complexity index is 266. The van der Waals surface area contributed by atoms with Gasteiger partial charge in [0.2, 0.25) is 0 Å². The summed E-state index contributed by atoms with van der Waals surface area (Å²) in [5.41, 5.74) is 2.55. The summed E-state index contributed by atoms with van der Waals surface area (Å²) in [4.78, 5) is 0. The van der Waals surface area contributed by atoms with Crippen LogP contribution in [-0.2, 0) is 23.9 Å². The minimum Gasteiger partial charge on any atom is -0.147 e. The molecule has 0 bridgehead atoms. The molecule has 2 rings (SSSR count). The van der Waals surface area contributed by atoms with Crippen LogP contribution in [0.15, 0.2) is 35.5 Å². The molecule has 94 valence electrons. The molecular weight excluding hydrogens is 418 g/mol. The third kappa shape index (κ3) is 16.3. The van der Waals surface area contributed by atoms with Gasteiger partial charge in [-0.05, 0) is 0 Å². The molecule has 0 unspecified atom stereocenters. The van der Waals surface area contributed by atoms with Gasteiger partial charge in [0.05, 0.1) is 0 Å². The average Bonchev–Trinajstić information content (AvgIpc) is 2.81. The van der Waals surface area contributed by atoms with Crippen molar-refractivity contribution in [3.63, 3.8) is 0 Å². The minimum absolute atomic E-state index is 0. The van der Waals surface area contributed by atoms with Crippen molar-refractivity contribution in [2.24, 2.45) is 0 Å². The topological polar surface area (TPSA) is 0 Å². The molecule has 0 aliphatic heterocycles. The summed E-state index contributed by atoms with van der Waals surface area (Å²) in [5.74, 6) is 0. The molecule has 0 aromatic rings. The monoisotopic (exact) mass is 438 g/mol. The molecule has 0 fully saturated rings. The van der Waals surface area contributed by atoms with Crippen LogP contribution in [0, 0.1) is 12.2 Å². The van der Waals surface area contributed by atoms with Gasteiger partial charge < -0.3 is 0 Å². The van der Waals surface area contributed by atoms with Gasteiger partial charge in [-0.1, -0.05) is 13.8 Å². The molecule has 2 aliphatic rings. The number of rotatable bonds is 0. The zero-order chi connectivity index (χ0) is 11.5. The van der Waals surface area contributed by atoms with Crippen LogP contribution in [0.5, 0.6) is 0 Å². The van der Waals surface area contributed by atoms with Gasteiger partial charge in [-0.25, -0.2) is 23.3 Å². The van der Waals surface area contributed by atoms with Crippen molar-refractivity contribution in [3.05, 3.63) is 47.6 Å².